The molecule has 0 unspecified atom stereocenters. The van der Waals surface area contributed by atoms with Crippen LogP contribution < -0.4 is 0 Å². The molecule has 5 heteroatoms. The van der Waals surface area contributed by atoms with Crippen LogP contribution in [-0.2, 0) is 0 Å². The largest absolute Gasteiger partial charge is 0.341 e. The highest BCUT2D eigenvalue weighted by atomic mass is 79.9. The molecule has 1 heterocycles. The van der Waals surface area contributed by atoms with Gasteiger partial charge < -0.3 is 9.80 Å². The lowest BCUT2D eigenvalue weighted by atomic mass is 10.3. The van der Waals surface area contributed by atoms with E-state index in [-0.39, 0.29) is 5.91 Å². The smallest absolute Gasteiger partial charge is 0.264 e. The monoisotopic (exact) mass is 304 g/mol. The molecule has 0 fully saturated rings. The summed E-state index contributed by atoms with van der Waals surface area (Å²) in [6, 6.07) is 1.91. The van der Waals surface area contributed by atoms with Gasteiger partial charge in [-0.05, 0) is 54.4 Å². The molecule has 1 aromatic heterocycles. The van der Waals surface area contributed by atoms with E-state index >= 15 is 0 Å². The van der Waals surface area contributed by atoms with Crippen molar-refractivity contribution >= 4 is 33.2 Å². The van der Waals surface area contributed by atoms with Gasteiger partial charge in [-0.2, -0.15) is 0 Å². The van der Waals surface area contributed by atoms with Crippen LogP contribution in [0.25, 0.3) is 0 Å². The number of carbonyl (C=O) groups is 1. The molecule has 1 aromatic rings. The number of nitrogens with zero attached hydrogens (tertiary/aromatic N) is 2. The Balaban J connectivity index is 2.46. The highest BCUT2D eigenvalue weighted by Crippen LogP contribution is 2.23. The van der Waals surface area contributed by atoms with Crippen LogP contribution in [0.3, 0.4) is 0 Å². The molecule has 1 rings (SSSR count). The quantitative estimate of drug-likeness (QED) is 0.834. The highest BCUT2D eigenvalue weighted by Gasteiger charge is 2.15. The molecule has 0 aliphatic heterocycles. The predicted octanol–water partition coefficient (Wildman–Crippen LogP) is 2.53. The minimum Gasteiger partial charge on any atom is -0.341 e. The summed E-state index contributed by atoms with van der Waals surface area (Å²) in [6.45, 7) is 1.80. The van der Waals surface area contributed by atoms with Gasteiger partial charge in [-0.25, -0.2) is 0 Å². The SMILES string of the molecule is CN(C)CCCN(C)C(=O)c1sccc1Br. The number of thiophene rings is 1. The lowest BCUT2D eigenvalue weighted by Crippen LogP contribution is -2.29. The average Bonchev–Trinajstić information content (AvgIpc) is 2.62. The Morgan fingerprint density at radius 1 is 1.38 bits per heavy atom. The van der Waals surface area contributed by atoms with Gasteiger partial charge in [0, 0.05) is 18.1 Å². The number of hydrogen-bond acceptors (Lipinski definition) is 3. The second-order valence-electron chi connectivity index (χ2n) is 3.98. The minimum absolute atomic E-state index is 0.0978. The molecule has 0 saturated carbocycles. The van der Waals surface area contributed by atoms with E-state index in [4.69, 9.17) is 0 Å². The van der Waals surface area contributed by atoms with Crippen molar-refractivity contribution in [2.45, 2.75) is 6.42 Å². The van der Waals surface area contributed by atoms with E-state index in [9.17, 15) is 4.79 Å². The van der Waals surface area contributed by atoms with Crippen LogP contribution in [0.1, 0.15) is 16.1 Å². The van der Waals surface area contributed by atoms with Crippen molar-refractivity contribution in [3.63, 3.8) is 0 Å². The van der Waals surface area contributed by atoms with E-state index < -0.39 is 0 Å². The zero-order valence-electron chi connectivity index (χ0n) is 9.86. The van der Waals surface area contributed by atoms with E-state index in [2.05, 4.69) is 20.8 Å². The summed E-state index contributed by atoms with van der Waals surface area (Å²) in [5.41, 5.74) is 0. The Kier molecular flexibility index (Phi) is 5.44. The zero-order valence-corrected chi connectivity index (χ0v) is 12.3. The molecule has 0 saturated heterocycles. The van der Waals surface area contributed by atoms with Crippen molar-refractivity contribution in [1.29, 1.82) is 0 Å². The van der Waals surface area contributed by atoms with E-state index in [1.807, 2.05) is 32.6 Å². The third kappa shape index (κ3) is 3.88. The van der Waals surface area contributed by atoms with Gasteiger partial charge in [0.1, 0.15) is 4.88 Å². The highest BCUT2D eigenvalue weighted by molar-refractivity contribution is 9.10. The molecule has 3 nitrogen and oxygen atoms in total. The summed E-state index contributed by atoms with van der Waals surface area (Å²) >= 11 is 4.86. The van der Waals surface area contributed by atoms with Crippen molar-refractivity contribution in [2.24, 2.45) is 0 Å². The molecule has 0 N–H and O–H groups in total. The van der Waals surface area contributed by atoms with Gasteiger partial charge in [0.25, 0.3) is 5.91 Å². The third-order valence-electron chi connectivity index (χ3n) is 2.26. The van der Waals surface area contributed by atoms with Crippen molar-refractivity contribution in [2.75, 3.05) is 34.2 Å². The molecule has 16 heavy (non-hydrogen) atoms. The van der Waals surface area contributed by atoms with Gasteiger partial charge in [0.15, 0.2) is 0 Å². The van der Waals surface area contributed by atoms with E-state index in [1.165, 1.54) is 11.3 Å². The molecular weight excluding hydrogens is 288 g/mol. The molecule has 0 aromatic carbocycles. The predicted molar refractivity (Wildman–Crippen MR) is 72.2 cm³/mol. The van der Waals surface area contributed by atoms with Crippen LogP contribution in [0.15, 0.2) is 15.9 Å². The second-order valence-corrected chi connectivity index (χ2v) is 5.75. The van der Waals surface area contributed by atoms with Gasteiger partial charge in [0.2, 0.25) is 0 Å². The fourth-order valence-corrected chi connectivity index (χ4v) is 2.88. The lowest BCUT2D eigenvalue weighted by molar-refractivity contribution is 0.0794. The number of halogens is 1. The topological polar surface area (TPSA) is 23.6 Å². The van der Waals surface area contributed by atoms with Gasteiger partial charge in [-0.15, -0.1) is 11.3 Å². The average molecular weight is 305 g/mol. The number of rotatable bonds is 5. The van der Waals surface area contributed by atoms with Crippen LogP contribution >= 0.6 is 27.3 Å². The molecule has 0 atom stereocenters. The fraction of sp³-hybridized carbons (Fsp3) is 0.545. The van der Waals surface area contributed by atoms with Gasteiger partial charge in [0.05, 0.1) is 0 Å². The number of hydrogen-bond donors (Lipinski definition) is 0. The Morgan fingerprint density at radius 2 is 2.06 bits per heavy atom. The van der Waals surface area contributed by atoms with Gasteiger partial charge in [-0.1, -0.05) is 0 Å². The van der Waals surface area contributed by atoms with E-state index in [0.717, 1.165) is 28.9 Å². The summed E-state index contributed by atoms with van der Waals surface area (Å²) in [4.78, 5) is 16.7. The fourth-order valence-electron chi connectivity index (χ4n) is 1.35. The Labute approximate surface area is 109 Å². The zero-order chi connectivity index (χ0) is 12.1. The van der Waals surface area contributed by atoms with Crippen molar-refractivity contribution in [3.8, 4) is 0 Å². The first-order valence-electron chi connectivity index (χ1n) is 5.15. The maximum atomic E-state index is 12.0. The summed E-state index contributed by atoms with van der Waals surface area (Å²) in [6.07, 6.45) is 0.998. The number of carbonyl (C=O) groups excluding carboxylic acids is 1. The molecular formula is C11H17BrN2OS. The Hall–Kier alpha value is -0.390. The molecule has 1 amide bonds. The normalized spacial score (nSPS) is 10.8. The van der Waals surface area contributed by atoms with Crippen LogP contribution in [0, 0.1) is 0 Å². The standard InChI is InChI=1S/C11H17BrN2OS/c1-13(2)6-4-7-14(3)11(15)10-9(12)5-8-16-10/h5,8H,4,6-7H2,1-3H3. The van der Waals surface area contributed by atoms with E-state index in [0.29, 0.717) is 0 Å². The minimum atomic E-state index is 0.0978. The van der Waals surface area contributed by atoms with Crippen LogP contribution in [-0.4, -0.2) is 49.9 Å². The Morgan fingerprint density at radius 3 is 2.56 bits per heavy atom. The van der Waals surface area contributed by atoms with Crippen molar-refractivity contribution in [1.82, 2.24) is 9.80 Å². The second kappa shape index (κ2) is 6.37. The number of amides is 1. The summed E-state index contributed by atoms with van der Waals surface area (Å²) in [7, 11) is 5.93. The molecule has 90 valence electrons. The summed E-state index contributed by atoms with van der Waals surface area (Å²) < 4.78 is 0.891. The maximum Gasteiger partial charge on any atom is 0.264 e. The first kappa shape index (κ1) is 13.7. The Bertz CT molecular complexity index is 352. The summed E-state index contributed by atoms with van der Waals surface area (Å²) in [5, 5.41) is 1.92. The van der Waals surface area contributed by atoms with Gasteiger partial charge in [-0.3, -0.25) is 4.79 Å². The van der Waals surface area contributed by atoms with Crippen LogP contribution in [0.2, 0.25) is 0 Å². The molecule has 0 aliphatic carbocycles. The molecule has 0 spiro atoms. The maximum absolute atomic E-state index is 12.0. The van der Waals surface area contributed by atoms with Crippen LogP contribution in [0.4, 0.5) is 0 Å². The molecule has 0 aliphatic rings. The molecule has 0 radical (unpaired) electrons. The first-order chi connectivity index (χ1) is 7.52. The summed E-state index contributed by atoms with van der Waals surface area (Å²) in [5.74, 6) is 0.0978. The first-order valence-corrected chi connectivity index (χ1v) is 6.83. The lowest BCUT2D eigenvalue weighted by Gasteiger charge is -2.18. The van der Waals surface area contributed by atoms with Crippen LogP contribution in [0.5, 0.6) is 0 Å². The van der Waals surface area contributed by atoms with Crippen molar-refractivity contribution < 1.29 is 4.79 Å². The van der Waals surface area contributed by atoms with Crippen molar-refractivity contribution in [3.05, 3.63) is 20.8 Å². The van der Waals surface area contributed by atoms with Gasteiger partial charge >= 0.3 is 0 Å². The third-order valence-corrected chi connectivity index (χ3v) is 4.08. The van der Waals surface area contributed by atoms with E-state index in [1.54, 1.807) is 4.90 Å². The molecule has 0 bridgehead atoms.